The van der Waals surface area contributed by atoms with E-state index in [0.717, 1.165) is 17.1 Å². The molecule has 1 aromatic carbocycles. The van der Waals surface area contributed by atoms with Gasteiger partial charge in [-0.2, -0.15) is 0 Å². The Hall–Kier alpha value is -1.46. The second-order valence-electron chi connectivity index (χ2n) is 5.33. The smallest absolute Gasteiger partial charge is 0.240 e. The van der Waals surface area contributed by atoms with E-state index >= 15 is 0 Å². The van der Waals surface area contributed by atoms with Gasteiger partial charge in [-0.1, -0.05) is 6.07 Å². The molecule has 2 atom stereocenters. The number of carbonyl (C=O) groups excluding carboxylic acids is 1. The summed E-state index contributed by atoms with van der Waals surface area (Å²) in [4.78, 5) is 14.3. The van der Waals surface area contributed by atoms with E-state index in [1.165, 1.54) is 0 Å². The monoisotopic (exact) mass is 310 g/mol. The minimum absolute atomic E-state index is 0.0446. The molecule has 1 amide bonds. The number of benzene rings is 1. The van der Waals surface area contributed by atoms with Crippen molar-refractivity contribution in [3.8, 4) is 11.5 Å². The molecule has 2 aliphatic rings. The van der Waals surface area contributed by atoms with Crippen molar-refractivity contribution in [2.45, 2.75) is 31.3 Å². The van der Waals surface area contributed by atoms with Crippen LogP contribution in [0.15, 0.2) is 18.2 Å². The van der Waals surface area contributed by atoms with Gasteiger partial charge in [0.15, 0.2) is 11.5 Å². The van der Waals surface area contributed by atoms with Gasteiger partial charge in [0.1, 0.15) is 0 Å². The summed E-state index contributed by atoms with van der Waals surface area (Å²) in [6.07, 6.45) is 0.692. The molecule has 2 aliphatic heterocycles. The third-order valence-electron chi connectivity index (χ3n) is 3.88. The lowest BCUT2D eigenvalue weighted by Crippen LogP contribution is -2.43. The van der Waals surface area contributed by atoms with Crippen LogP contribution < -0.4 is 14.8 Å². The number of ether oxygens (including phenoxy) is 2. The number of rotatable bonds is 4. The van der Waals surface area contributed by atoms with Gasteiger partial charge in [-0.3, -0.25) is 4.79 Å². The molecule has 0 aliphatic carbocycles. The fraction of sp³-hybridized carbons (Fsp3) is 0.533. The summed E-state index contributed by atoms with van der Waals surface area (Å²) >= 11 is 6.06. The van der Waals surface area contributed by atoms with Gasteiger partial charge >= 0.3 is 0 Å². The van der Waals surface area contributed by atoms with Crippen molar-refractivity contribution < 1.29 is 14.3 Å². The fourth-order valence-electron chi connectivity index (χ4n) is 2.71. The van der Waals surface area contributed by atoms with Crippen molar-refractivity contribution in [3.05, 3.63) is 23.8 Å². The highest BCUT2D eigenvalue weighted by Gasteiger charge is 2.31. The van der Waals surface area contributed by atoms with Crippen LogP contribution >= 0.6 is 11.6 Å². The lowest BCUT2D eigenvalue weighted by atomic mass is 10.1. The number of halogens is 1. The van der Waals surface area contributed by atoms with Crippen molar-refractivity contribution in [1.82, 2.24) is 10.2 Å². The summed E-state index contributed by atoms with van der Waals surface area (Å²) in [5, 5.41) is 3.23. The van der Waals surface area contributed by atoms with E-state index in [4.69, 9.17) is 21.1 Å². The van der Waals surface area contributed by atoms with Crippen molar-refractivity contribution in [3.63, 3.8) is 0 Å². The van der Waals surface area contributed by atoms with E-state index in [1.807, 2.05) is 30.0 Å². The molecule has 0 spiro atoms. The molecule has 0 radical (unpaired) electrons. The Labute approximate surface area is 129 Å². The lowest BCUT2D eigenvalue weighted by molar-refractivity contribution is -0.133. The summed E-state index contributed by atoms with van der Waals surface area (Å²) in [5.41, 5.74) is 1.04. The van der Waals surface area contributed by atoms with Crippen LogP contribution in [0.5, 0.6) is 11.5 Å². The Kier molecular flexibility index (Phi) is 4.22. The maximum Gasteiger partial charge on any atom is 0.240 e. The van der Waals surface area contributed by atoms with E-state index in [9.17, 15) is 4.79 Å². The molecule has 2 heterocycles. The topological polar surface area (TPSA) is 50.8 Å². The minimum atomic E-state index is -0.165. The summed E-state index contributed by atoms with van der Waals surface area (Å²) < 4.78 is 10.7. The van der Waals surface area contributed by atoms with Gasteiger partial charge in [-0.25, -0.2) is 0 Å². The van der Waals surface area contributed by atoms with E-state index in [-0.39, 0.29) is 24.1 Å². The first-order valence-corrected chi connectivity index (χ1v) is 7.65. The van der Waals surface area contributed by atoms with E-state index < -0.39 is 0 Å². The molecule has 5 nitrogen and oxygen atoms in total. The van der Waals surface area contributed by atoms with Crippen molar-refractivity contribution in [2.75, 3.05) is 19.9 Å². The first kappa shape index (κ1) is 14.5. The number of fused-ring (bicyclic) bond motifs is 1. The first-order valence-electron chi connectivity index (χ1n) is 7.22. The molecule has 1 aromatic rings. The molecule has 1 saturated heterocycles. The maximum atomic E-state index is 12.5. The van der Waals surface area contributed by atoms with Crippen molar-refractivity contribution >= 4 is 17.5 Å². The zero-order valence-electron chi connectivity index (χ0n) is 12.0. The highest BCUT2D eigenvalue weighted by atomic mass is 35.5. The number of hydrogen-bond donors (Lipinski definition) is 1. The van der Waals surface area contributed by atoms with Crippen LogP contribution in [0.25, 0.3) is 0 Å². The molecular weight excluding hydrogens is 292 g/mol. The number of carbonyl (C=O) groups is 1. The summed E-state index contributed by atoms with van der Waals surface area (Å²) in [5.74, 6) is 1.62. The fourth-order valence-corrected chi connectivity index (χ4v) is 2.97. The highest BCUT2D eigenvalue weighted by Crippen LogP contribution is 2.32. The van der Waals surface area contributed by atoms with Crippen LogP contribution in [0.3, 0.4) is 0 Å². The average molecular weight is 311 g/mol. The van der Waals surface area contributed by atoms with Crippen molar-refractivity contribution in [2.24, 2.45) is 0 Å². The standard InChI is InChI=1S/C15H19ClN2O3/c1-2-18(15(19)12-6-11(16)7-17-12)8-10-3-4-13-14(5-10)21-9-20-13/h3-5,11-12,17H,2,6-9H2,1H3. The maximum absolute atomic E-state index is 12.5. The van der Waals surface area contributed by atoms with Crippen LogP contribution in [0.2, 0.25) is 0 Å². The van der Waals surface area contributed by atoms with Gasteiger partial charge < -0.3 is 19.7 Å². The van der Waals surface area contributed by atoms with Gasteiger partial charge in [0.2, 0.25) is 12.7 Å². The molecule has 6 heteroatoms. The molecule has 1 N–H and O–H groups in total. The zero-order valence-corrected chi connectivity index (χ0v) is 12.7. The second kappa shape index (κ2) is 6.12. The van der Waals surface area contributed by atoms with Gasteiger partial charge in [0.05, 0.1) is 6.04 Å². The summed E-state index contributed by atoms with van der Waals surface area (Å²) in [6.45, 7) is 4.17. The Morgan fingerprint density at radius 2 is 2.24 bits per heavy atom. The minimum Gasteiger partial charge on any atom is -0.454 e. The molecule has 21 heavy (non-hydrogen) atoms. The Bertz CT molecular complexity index is 538. The van der Waals surface area contributed by atoms with E-state index in [0.29, 0.717) is 26.1 Å². The number of nitrogens with zero attached hydrogens (tertiary/aromatic N) is 1. The normalized spacial score (nSPS) is 23.3. The van der Waals surface area contributed by atoms with Crippen LogP contribution in [-0.2, 0) is 11.3 Å². The largest absolute Gasteiger partial charge is 0.454 e. The van der Waals surface area contributed by atoms with Crippen LogP contribution in [0, 0.1) is 0 Å². The molecule has 0 bridgehead atoms. The van der Waals surface area contributed by atoms with Gasteiger partial charge in [0, 0.05) is 25.0 Å². The van der Waals surface area contributed by atoms with E-state index in [2.05, 4.69) is 5.32 Å². The number of amides is 1. The number of alkyl halides is 1. The predicted octanol–water partition coefficient (Wildman–Crippen LogP) is 1.73. The van der Waals surface area contributed by atoms with Crippen molar-refractivity contribution in [1.29, 1.82) is 0 Å². The second-order valence-corrected chi connectivity index (χ2v) is 5.95. The lowest BCUT2D eigenvalue weighted by Gasteiger charge is -2.24. The number of hydrogen-bond acceptors (Lipinski definition) is 4. The number of likely N-dealkylation sites (N-methyl/N-ethyl adjacent to an activating group) is 1. The molecule has 0 aromatic heterocycles. The first-order chi connectivity index (χ1) is 10.2. The third-order valence-corrected chi connectivity index (χ3v) is 4.21. The van der Waals surface area contributed by atoms with Crippen LogP contribution in [-0.4, -0.2) is 42.1 Å². The summed E-state index contributed by atoms with van der Waals surface area (Å²) in [6, 6.07) is 5.63. The molecule has 2 unspecified atom stereocenters. The molecular formula is C15H19ClN2O3. The predicted molar refractivity (Wildman–Crippen MR) is 79.7 cm³/mol. The van der Waals surface area contributed by atoms with Crippen LogP contribution in [0.1, 0.15) is 18.9 Å². The van der Waals surface area contributed by atoms with Gasteiger partial charge in [0.25, 0.3) is 0 Å². The molecule has 0 saturated carbocycles. The van der Waals surface area contributed by atoms with Gasteiger partial charge in [-0.05, 0) is 31.0 Å². The van der Waals surface area contributed by atoms with Crippen LogP contribution in [0.4, 0.5) is 0 Å². The SMILES string of the molecule is CCN(Cc1ccc2c(c1)OCO2)C(=O)C1CC(Cl)CN1. The molecule has 3 rings (SSSR count). The number of nitrogens with one attached hydrogen (secondary N) is 1. The quantitative estimate of drug-likeness (QED) is 0.861. The third kappa shape index (κ3) is 3.09. The Balaban J connectivity index is 1.68. The molecule has 114 valence electrons. The molecule has 1 fully saturated rings. The van der Waals surface area contributed by atoms with E-state index in [1.54, 1.807) is 0 Å². The van der Waals surface area contributed by atoms with Gasteiger partial charge in [-0.15, -0.1) is 11.6 Å². The Morgan fingerprint density at radius 1 is 1.43 bits per heavy atom. The average Bonchev–Trinajstić information content (AvgIpc) is 3.12. The summed E-state index contributed by atoms with van der Waals surface area (Å²) in [7, 11) is 0. The Morgan fingerprint density at radius 3 is 2.95 bits per heavy atom. The zero-order chi connectivity index (χ0) is 14.8. The highest BCUT2D eigenvalue weighted by molar-refractivity contribution is 6.21.